The SMILES string of the molecule is CNC(c1ccc(Br)cc1)C1CCOc2ccccc21. The molecule has 0 amide bonds. The van der Waals surface area contributed by atoms with Gasteiger partial charge in [0.25, 0.3) is 0 Å². The summed E-state index contributed by atoms with van der Waals surface area (Å²) in [5.74, 6) is 1.48. The normalized spacial score (nSPS) is 19.0. The summed E-state index contributed by atoms with van der Waals surface area (Å²) in [7, 11) is 2.03. The Kier molecular flexibility index (Phi) is 4.08. The first-order valence-corrected chi connectivity index (χ1v) is 7.73. The molecule has 0 fully saturated rings. The van der Waals surface area contributed by atoms with Crippen LogP contribution in [0.3, 0.4) is 0 Å². The Balaban J connectivity index is 1.96. The van der Waals surface area contributed by atoms with E-state index in [0.717, 1.165) is 23.2 Å². The number of halogens is 1. The Morgan fingerprint density at radius 1 is 1.15 bits per heavy atom. The Morgan fingerprint density at radius 3 is 2.65 bits per heavy atom. The molecule has 1 heterocycles. The van der Waals surface area contributed by atoms with Gasteiger partial charge in [0.2, 0.25) is 0 Å². The molecule has 2 nitrogen and oxygen atoms in total. The van der Waals surface area contributed by atoms with Crippen LogP contribution in [-0.4, -0.2) is 13.7 Å². The highest BCUT2D eigenvalue weighted by molar-refractivity contribution is 9.10. The van der Waals surface area contributed by atoms with Gasteiger partial charge in [-0.05, 0) is 42.8 Å². The zero-order valence-corrected chi connectivity index (χ0v) is 13.1. The van der Waals surface area contributed by atoms with Crippen LogP contribution in [0, 0.1) is 0 Å². The van der Waals surface area contributed by atoms with Crippen molar-refractivity contribution in [2.24, 2.45) is 0 Å². The maximum Gasteiger partial charge on any atom is 0.122 e. The van der Waals surface area contributed by atoms with Gasteiger partial charge in [0, 0.05) is 16.4 Å². The number of nitrogens with one attached hydrogen (secondary N) is 1. The smallest absolute Gasteiger partial charge is 0.122 e. The number of fused-ring (bicyclic) bond motifs is 1. The van der Waals surface area contributed by atoms with Gasteiger partial charge in [-0.25, -0.2) is 0 Å². The van der Waals surface area contributed by atoms with Gasteiger partial charge in [0.15, 0.2) is 0 Å². The summed E-state index contributed by atoms with van der Waals surface area (Å²) < 4.78 is 6.88. The molecule has 2 atom stereocenters. The number of likely N-dealkylation sites (N-methyl/N-ethyl adjacent to an activating group) is 1. The lowest BCUT2D eigenvalue weighted by Crippen LogP contribution is -2.28. The van der Waals surface area contributed by atoms with E-state index in [1.54, 1.807) is 0 Å². The lowest BCUT2D eigenvalue weighted by molar-refractivity contribution is 0.248. The van der Waals surface area contributed by atoms with Gasteiger partial charge >= 0.3 is 0 Å². The second-order valence-corrected chi connectivity index (χ2v) is 6.02. The minimum atomic E-state index is 0.313. The number of rotatable bonds is 3. The fraction of sp³-hybridized carbons (Fsp3) is 0.294. The van der Waals surface area contributed by atoms with Crippen LogP contribution in [0.4, 0.5) is 0 Å². The maximum absolute atomic E-state index is 5.77. The Morgan fingerprint density at radius 2 is 1.90 bits per heavy atom. The lowest BCUT2D eigenvalue weighted by atomic mass is 9.83. The van der Waals surface area contributed by atoms with Crippen molar-refractivity contribution in [2.75, 3.05) is 13.7 Å². The van der Waals surface area contributed by atoms with Gasteiger partial charge in [-0.3, -0.25) is 0 Å². The quantitative estimate of drug-likeness (QED) is 0.906. The number of ether oxygens (including phenoxy) is 1. The molecule has 0 aromatic heterocycles. The first-order chi connectivity index (χ1) is 9.79. The summed E-state index contributed by atoms with van der Waals surface area (Å²) in [4.78, 5) is 0. The molecular formula is C17H18BrNO. The maximum atomic E-state index is 5.77. The number of hydrogen-bond donors (Lipinski definition) is 1. The second kappa shape index (κ2) is 5.98. The Labute approximate surface area is 128 Å². The van der Waals surface area contributed by atoms with Gasteiger partial charge in [-0.2, -0.15) is 0 Å². The third kappa shape index (κ3) is 2.60. The highest BCUT2D eigenvalue weighted by Crippen LogP contribution is 2.41. The van der Waals surface area contributed by atoms with Crippen molar-refractivity contribution in [1.29, 1.82) is 0 Å². The van der Waals surface area contributed by atoms with E-state index >= 15 is 0 Å². The summed E-state index contributed by atoms with van der Waals surface area (Å²) in [6.45, 7) is 0.788. The van der Waals surface area contributed by atoms with E-state index in [-0.39, 0.29) is 0 Å². The molecule has 2 aromatic carbocycles. The summed E-state index contributed by atoms with van der Waals surface area (Å²) in [5.41, 5.74) is 2.62. The molecule has 3 heteroatoms. The van der Waals surface area contributed by atoms with Crippen LogP contribution in [0.1, 0.15) is 29.5 Å². The van der Waals surface area contributed by atoms with E-state index in [4.69, 9.17) is 4.74 Å². The Hall–Kier alpha value is -1.32. The molecule has 2 aromatic rings. The van der Waals surface area contributed by atoms with Gasteiger partial charge in [0.1, 0.15) is 5.75 Å². The van der Waals surface area contributed by atoms with E-state index in [0.29, 0.717) is 12.0 Å². The molecule has 20 heavy (non-hydrogen) atoms. The van der Waals surface area contributed by atoms with Crippen LogP contribution in [-0.2, 0) is 0 Å². The summed E-state index contributed by atoms with van der Waals surface area (Å²) in [6, 6.07) is 17.3. The van der Waals surface area contributed by atoms with Crippen molar-refractivity contribution in [3.63, 3.8) is 0 Å². The van der Waals surface area contributed by atoms with Gasteiger partial charge < -0.3 is 10.1 Å². The van der Waals surface area contributed by atoms with E-state index in [2.05, 4.69) is 63.7 Å². The molecule has 1 aliphatic rings. The van der Waals surface area contributed by atoms with Crippen LogP contribution in [0.15, 0.2) is 53.0 Å². The Bertz CT molecular complexity index is 582. The molecule has 2 unspecified atom stereocenters. The lowest BCUT2D eigenvalue weighted by Gasteiger charge is -2.32. The predicted octanol–water partition coefficient (Wildman–Crippen LogP) is 4.28. The molecule has 0 bridgehead atoms. The molecule has 104 valence electrons. The zero-order chi connectivity index (χ0) is 13.9. The summed E-state index contributed by atoms with van der Waals surface area (Å²) >= 11 is 3.50. The highest BCUT2D eigenvalue weighted by Gasteiger charge is 2.28. The monoisotopic (exact) mass is 331 g/mol. The van der Waals surface area contributed by atoms with Crippen LogP contribution in [0.25, 0.3) is 0 Å². The molecule has 3 rings (SSSR count). The number of hydrogen-bond acceptors (Lipinski definition) is 2. The van der Waals surface area contributed by atoms with E-state index in [1.807, 2.05) is 13.1 Å². The molecule has 0 saturated heterocycles. The molecule has 1 N–H and O–H groups in total. The first kappa shape index (κ1) is 13.7. The molecule has 0 saturated carbocycles. The van der Waals surface area contributed by atoms with Gasteiger partial charge in [0.05, 0.1) is 6.61 Å². The fourth-order valence-electron chi connectivity index (χ4n) is 2.99. The van der Waals surface area contributed by atoms with Crippen molar-refractivity contribution >= 4 is 15.9 Å². The first-order valence-electron chi connectivity index (χ1n) is 6.94. The molecule has 1 aliphatic heterocycles. The van der Waals surface area contributed by atoms with Gasteiger partial charge in [-0.15, -0.1) is 0 Å². The number of para-hydroxylation sites is 1. The van der Waals surface area contributed by atoms with E-state index in [1.165, 1.54) is 11.1 Å². The minimum absolute atomic E-state index is 0.313. The van der Waals surface area contributed by atoms with E-state index < -0.39 is 0 Å². The minimum Gasteiger partial charge on any atom is -0.493 e. The standard InChI is InChI=1S/C17H18BrNO/c1-19-17(12-6-8-13(18)9-7-12)15-10-11-20-16-5-3-2-4-14(15)16/h2-9,15,17,19H,10-11H2,1H3. The summed E-state index contributed by atoms with van der Waals surface area (Å²) in [5, 5.41) is 3.48. The van der Waals surface area contributed by atoms with Crippen LogP contribution < -0.4 is 10.1 Å². The van der Waals surface area contributed by atoms with Crippen molar-refractivity contribution in [1.82, 2.24) is 5.32 Å². The average molecular weight is 332 g/mol. The van der Waals surface area contributed by atoms with Crippen molar-refractivity contribution in [3.8, 4) is 5.75 Å². The van der Waals surface area contributed by atoms with Crippen molar-refractivity contribution in [2.45, 2.75) is 18.4 Å². The predicted molar refractivity (Wildman–Crippen MR) is 85.2 cm³/mol. The highest BCUT2D eigenvalue weighted by atomic mass is 79.9. The van der Waals surface area contributed by atoms with Crippen molar-refractivity contribution in [3.05, 3.63) is 64.1 Å². The zero-order valence-electron chi connectivity index (χ0n) is 11.5. The average Bonchev–Trinajstić information content (AvgIpc) is 2.50. The molecular weight excluding hydrogens is 314 g/mol. The molecule has 0 aliphatic carbocycles. The molecule has 0 radical (unpaired) electrons. The van der Waals surface area contributed by atoms with Crippen LogP contribution >= 0.6 is 15.9 Å². The topological polar surface area (TPSA) is 21.3 Å². The summed E-state index contributed by atoms with van der Waals surface area (Å²) in [6.07, 6.45) is 1.04. The van der Waals surface area contributed by atoms with Crippen molar-refractivity contribution < 1.29 is 4.74 Å². The van der Waals surface area contributed by atoms with Gasteiger partial charge in [-0.1, -0.05) is 46.3 Å². The number of benzene rings is 2. The third-order valence-corrected chi connectivity index (χ3v) is 4.48. The largest absolute Gasteiger partial charge is 0.493 e. The van der Waals surface area contributed by atoms with E-state index in [9.17, 15) is 0 Å². The second-order valence-electron chi connectivity index (χ2n) is 5.10. The third-order valence-electron chi connectivity index (χ3n) is 3.95. The molecule has 0 spiro atoms. The van der Waals surface area contributed by atoms with Crippen LogP contribution in [0.5, 0.6) is 5.75 Å². The fourth-order valence-corrected chi connectivity index (χ4v) is 3.25. The van der Waals surface area contributed by atoms with Crippen LogP contribution in [0.2, 0.25) is 0 Å².